The van der Waals surface area contributed by atoms with E-state index in [4.69, 9.17) is 5.26 Å². The summed E-state index contributed by atoms with van der Waals surface area (Å²) < 4.78 is 24.4. The number of benzene rings is 1. The summed E-state index contributed by atoms with van der Waals surface area (Å²) in [5, 5.41) is 11.3. The van der Waals surface area contributed by atoms with Crippen molar-refractivity contribution in [3.05, 3.63) is 29.8 Å². The summed E-state index contributed by atoms with van der Waals surface area (Å²) >= 11 is 0. The Labute approximate surface area is 106 Å². The third-order valence-electron chi connectivity index (χ3n) is 2.15. The third kappa shape index (κ3) is 4.16. The average molecular weight is 267 g/mol. The smallest absolute Gasteiger partial charge is 0.239 e. The van der Waals surface area contributed by atoms with E-state index in [1.807, 2.05) is 6.07 Å². The number of carbonyl (C=O) groups is 1. The molecule has 0 saturated heterocycles. The molecule has 0 saturated carbocycles. The molecule has 0 aliphatic carbocycles. The Morgan fingerprint density at radius 2 is 2.06 bits per heavy atom. The van der Waals surface area contributed by atoms with Gasteiger partial charge in [-0.05, 0) is 19.1 Å². The van der Waals surface area contributed by atoms with E-state index in [2.05, 4.69) is 10.0 Å². The van der Waals surface area contributed by atoms with Gasteiger partial charge in [-0.3, -0.25) is 4.79 Å². The van der Waals surface area contributed by atoms with Crippen LogP contribution in [0.5, 0.6) is 0 Å². The first kappa shape index (κ1) is 14.2. The van der Waals surface area contributed by atoms with Crippen molar-refractivity contribution >= 4 is 21.6 Å². The van der Waals surface area contributed by atoms with Crippen LogP contribution >= 0.6 is 0 Å². The van der Waals surface area contributed by atoms with Gasteiger partial charge in [0.2, 0.25) is 15.9 Å². The number of nitrogens with one attached hydrogen (secondary N) is 2. The van der Waals surface area contributed by atoms with E-state index in [0.717, 1.165) is 0 Å². The maximum absolute atomic E-state index is 11.5. The first-order valence-electron chi connectivity index (χ1n) is 5.25. The van der Waals surface area contributed by atoms with Gasteiger partial charge in [-0.2, -0.15) is 5.26 Å². The fraction of sp³-hybridized carbons (Fsp3) is 0.273. The Hall–Kier alpha value is -1.91. The number of sulfonamides is 1. The van der Waals surface area contributed by atoms with Crippen molar-refractivity contribution in [3.63, 3.8) is 0 Å². The van der Waals surface area contributed by atoms with Crippen LogP contribution in [0.2, 0.25) is 0 Å². The Balaban J connectivity index is 2.64. The van der Waals surface area contributed by atoms with E-state index in [1.54, 1.807) is 24.3 Å². The summed E-state index contributed by atoms with van der Waals surface area (Å²) in [6.07, 6.45) is 0. The van der Waals surface area contributed by atoms with Gasteiger partial charge < -0.3 is 5.32 Å². The van der Waals surface area contributed by atoms with Gasteiger partial charge in [0.15, 0.2) is 0 Å². The van der Waals surface area contributed by atoms with E-state index in [0.29, 0.717) is 11.3 Å². The molecule has 1 rings (SSSR count). The second kappa shape index (κ2) is 6.14. The zero-order valence-corrected chi connectivity index (χ0v) is 10.6. The highest BCUT2D eigenvalue weighted by atomic mass is 32.2. The molecule has 1 aromatic carbocycles. The van der Waals surface area contributed by atoms with Crippen molar-refractivity contribution in [2.24, 2.45) is 0 Å². The molecular formula is C11H13N3O3S. The van der Waals surface area contributed by atoms with Gasteiger partial charge in [0.05, 0.1) is 23.5 Å². The largest absolute Gasteiger partial charge is 0.324 e. The molecule has 0 aliphatic rings. The number of hydrogen-bond acceptors (Lipinski definition) is 4. The maximum Gasteiger partial charge on any atom is 0.239 e. The third-order valence-corrected chi connectivity index (χ3v) is 3.50. The lowest BCUT2D eigenvalue weighted by Gasteiger charge is -2.07. The minimum Gasteiger partial charge on any atom is -0.324 e. The summed E-state index contributed by atoms with van der Waals surface area (Å²) in [6, 6.07) is 8.41. The predicted octanol–water partition coefficient (Wildman–Crippen LogP) is 0.436. The molecule has 1 aromatic rings. The predicted molar refractivity (Wildman–Crippen MR) is 67.3 cm³/mol. The van der Waals surface area contributed by atoms with Crippen LogP contribution in [0.15, 0.2) is 24.3 Å². The molecule has 0 unspecified atom stereocenters. The standard InChI is InChI=1S/C11H13N3O3S/c1-2-18(16,17)13-8-11(15)14-10-6-4-3-5-9(10)7-12/h3-6,13H,2,8H2,1H3,(H,14,15). The minimum absolute atomic E-state index is 0.0882. The summed E-state index contributed by atoms with van der Waals surface area (Å²) in [7, 11) is -3.40. The minimum atomic E-state index is -3.40. The van der Waals surface area contributed by atoms with Crippen molar-refractivity contribution in [2.45, 2.75) is 6.92 Å². The summed E-state index contributed by atoms with van der Waals surface area (Å²) in [5.74, 6) is -0.607. The molecule has 0 aliphatic heterocycles. The van der Waals surface area contributed by atoms with Gasteiger partial charge in [-0.25, -0.2) is 13.1 Å². The van der Waals surface area contributed by atoms with E-state index < -0.39 is 15.9 Å². The lowest BCUT2D eigenvalue weighted by molar-refractivity contribution is -0.115. The van der Waals surface area contributed by atoms with Crippen molar-refractivity contribution in [3.8, 4) is 6.07 Å². The van der Waals surface area contributed by atoms with Gasteiger partial charge in [-0.15, -0.1) is 0 Å². The van der Waals surface area contributed by atoms with Crippen molar-refractivity contribution in [1.29, 1.82) is 5.26 Å². The molecule has 2 N–H and O–H groups in total. The Bertz CT molecular complexity index is 575. The molecule has 0 atom stereocenters. The van der Waals surface area contributed by atoms with Crippen molar-refractivity contribution in [2.75, 3.05) is 17.6 Å². The fourth-order valence-corrected chi connectivity index (χ4v) is 1.72. The molecule has 18 heavy (non-hydrogen) atoms. The van der Waals surface area contributed by atoms with Crippen LogP contribution in [0.25, 0.3) is 0 Å². The van der Waals surface area contributed by atoms with Gasteiger partial charge in [0, 0.05) is 0 Å². The lowest BCUT2D eigenvalue weighted by Crippen LogP contribution is -2.33. The average Bonchev–Trinajstić information content (AvgIpc) is 2.37. The van der Waals surface area contributed by atoms with E-state index in [9.17, 15) is 13.2 Å². The van der Waals surface area contributed by atoms with Crippen LogP contribution < -0.4 is 10.0 Å². The first-order valence-corrected chi connectivity index (χ1v) is 6.90. The normalized spacial score (nSPS) is 10.7. The number of nitrogens with zero attached hydrogens (tertiary/aromatic N) is 1. The topological polar surface area (TPSA) is 99.1 Å². The maximum atomic E-state index is 11.5. The van der Waals surface area contributed by atoms with Crippen molar-refractivity contribution in [1.82, 2.24) is 4.72 Å². The Morgan fingerprint density at radius 3 is 2.67 bits per heavy atom. The van der Waals surface area contributed by atoms with Crippen LogP contribution in [0.4, 0.5) is 5.69 Å². The summed E-state index contributed by atoms with van der Waals surface area (Å²) in [4.78, 5) is 11.5. The van der Waals surface area contributed by atoms with Gasteiger partial charge in [0.25, 0.3) is 0 Å². The number of rotatable bonds is 5. The lowest BCUT2D eigenvalue weighted by atomic mass is 10.2. The number of nitriles is 1. The van der Waals surface area contributed by atoms with Crippen LogP contribution in [0.3, 0.4) is 0 Å². The molecular weight excluding hydrogens is 254 g/mol. The Kier molecular flexibility index (Phi) is 4.83. The second-order valence-electron chi connectivity index (χ2n) is 3.43. The number of amides is 1. The number of para-hydroxylation sites is 1. The Morgan fingerprint density at radius 1 is 1.39 bits per heavy atom. The molecule has 0 bridgehead atoms. The molecule has 6 nitrogen and oxygen atoms in total. The molecule has 7 heteroatoms. The van der Waals surface area contributed by atoms with Crippen LogP contribution in [0.1, 0.15) is 12.5 Å². The summed E-state index contributed by atoms with van der Waals surface area (Å²) in [6.45, 7) is 1.13. The van der Waals surface area contributed by atoms with Gasteiger partial charge in [0.1, 0.15) is 6.07 Å². The zero-order valence-electron chi connectivity index (χ0n) is 9.80. The molecule has 96 valence electrons. The van der Waals surface area contributed by atoms with Crippen molar-refractivity contribution < 1.29 is 13.2 Å². The highest BCUT2D eigenvalue weighted by Crippen LogP contribution is 2.12. The highest BCUT2D eigenvalue weighted by molar-refractivity contribution is 7.89. The molecule has 1 amide bonds. The second-order valence-corrected chi connectivity index (χ2v) is 5.53. The highest BCUT2D eigenvalue weighted by Gasteiger charge is 2.10. The molecule has 0 heterocycles. The quantitative estimate of drug-likeness (QED) is 0.808. The molecule has 0 radical (unpaired) electrons. The number of anilines is 1. The molecule has 0 spiro atoms. The monoisotopic (exact) mass is 267 g/mol. The number of hydrogen-bond donors (Lipinski definition) is 2. The van der Waals surface area contributed by atoms with E-state index in [-0.39, 0.29) is 12.3 Å². The van der Waals surface area contributed by atoms with Crippen LogP contribution in [-0.2, 0) is 14.8 Å². The van der Waals surface area contributed by atoms with Gasteiger partial charge >= 0.3 is 0 Å². The number of carbonyl (C=O) groups excluding carboxylic acids is 1. The van der Waals surface area contributed by atoms with Crippen LogP contribution in [0, 0.1) is 11.3 Å². The van der Waals surface area contributed by atoms with E-state index >= 15 is 0 Å². The van der Waals surface area contributed by atoms with E-state index in [1.165, 1.54) is 6.92 Å². The SMILES string of the molecule is CCS(=O)(=O)NCC(=O)Nc1ccccc1C#N. The van der Waals surface area contributed by atoms with Crippen LogP contribution in [-0.4, -0.2) is 26.6 Å². The zero-order chi connectivity index (χ0) is 13.6. The molecule has 0 fully saturated rings. The van der Waals surface area contributed by atoms with Gasteiger partial charge in [-0.1, -0.05) is 12.1 Å². The fourth-order valence-electron chi connectivity index (χ4n) is 1.16. The summed E-state index contributed by atoms with van der Waals surface area (Å²) in [5.41, 5.74) is 0.685. The first-order chi connectivity index (χ1) is 8.48. The molecule has 0 aromatic heterocycles.